The van der Waals surface area contributed by atoms with Crippen molar-refractivity contribution in [1.82, 2.24) is 19.7 Å². The van der Waals surface area contributed by atoms with Gasteiger partial charge < -0.3 is 14.7 Å². The van der Waals surface area contributed by atoms with Gasteiger partial charge in [0.2, 0.25) is 0 Å². The Morgan fingerprint density at radius 3 is 2.67 bits per heavy atom. The van der Waals surface area contributed by atoms with Crippen molar-refractivity contribution >= 4 is 35.0 Å². The van der Waals surface area contributed by atoms with Crippen molar-refractivity contribution < 1.29 is 19.4 Å². The molecule has 2 unspecified atom stereocenters. The Labute approximate surface area is 200 Å². The molecule has 10 heteroatoms. The van der Waals surface area contributed by atoms with Crippen LogP contribution >= 0.6 is 23.1 Å². The number of methoxy groups -OCH3 is 1. The maximum absolute atomic E-state index is 14.0. The highest BCUT2D eigenvalue weighted by molar-refractivity contribution is 8.00. The number of aromatic nitrogens is 3. The van der Waals surface area contributed by atoms with E-state index in [2.05, 4.69) is 30.9 Å². The molecule has 1 amide bonds. The zero-order valence-corrected chi connectivity index (χ0v) is 20.5. The Bertz CT molecular complexity index is 1140. The van der Waals surface area contributed by atoms with Crippen LogP contribution in [0.1, 0.15) is 47.1 Å². The highest BCUT2D eigenvalue weighted by Crippen LogP contribution is 2.49. The van der Waals surface area contributed by atoms with Gasteiger partial charge in [-0.25, -0.2) is 9.78 Å². The van der Waals surface area contributed by atoms with Crippen LogP contribution in [0.25, 0.3) is 0 Å². The van der Waals surface area contributed by atoms with Crippen molar-refractivity contribution in [2.45, 2.75) is 43.6 Å². The van der Waals surface area contributed by atoms with Crippen LogP contribution in [0.3, 0.4) is 0 Å². The molecule has 33 heavy (non-hydrogen) atoms. The van der Waals surface area contributed by atoms with Crippen molar-refractivity contribution in [2.24, 2.45) is 0 Å². The molecule has 4 rings (SSSR count). The van der Waals surface area contributed by atoms with Gasteiger partial charge in [0.25, 0.3) is 5.91 Å². The van der Waals surface area contributed by atoms with E-state index in [-0.39, 0.29) is 23.6 Å². The molecule has 0 saturated carbocycles. The predicted molar refractivity (Wildman–Crippen MR) is 128 cm³/mol. The number of aliphatic carboxylic acids is 1. The number of nitrogens with zero attached hydrogens (tertiary/aromatic N) is 4. The quantitative estimate of drug-likeness (QED) is 0.561. The van der Waals surface area contributed by atoms with E-state index in [1.165, 1.54) is 28.0 Å². The van der Waals surface area contributed by atoms with Crippen molar-refractivity contribution in [3.05, 3.63) is 64.4 Å². The number of rotatable bonds is 6. The molecular weight excluding hydrogens is 460 g/mol. The van der Waals surface area contributed by atoms with E-state index in [0.717, 1.165) is 5.56 Å². The third-order valence-corrected chi connectivity index (χ3v) is 8.07. The molecule has 0 spiro atoms. The first-order valence-corrected chi connectivity index (χ1v) is 12.3. The van der Waals surface area contributed by atoms with Crippen molar-refractivity contribution in [3.8, 4) is 5.75 Å². The van der Waals surface area contributed by atoms with Gasteiger partial charge in [-0.1, -0.05) is 26.8 Å². The maximum atomic E-state index is 14.0. The lowest BCUT2D eigenvalue weighted by Gasteiger charge is -2.36. The van der Waals surface area contributed by atoms with Crippen molar-refractivity contribution in [1.29, 1.82) is 0 Å². The van der Waals surface area contributed by atoms with Crippen LogP contribution in [0.5, 0.6) is 5.75 Å². The van der Waals surface area contributed by atoms with Crippen LogP contribution in [-0.4, -0.2) is 55.0 Å². The summed E-state index contributed by atoms with van der Waals surface area (Å²) >= 11 is 2.81. The van der Waals surface area contributed by atoms with E-state index in [9.17, 15) is 14.7 Å². The highest BCUT2D eigenvalue weighted by atomic mass is 32.2. The van der Waals surface area contributed by atoms with Gasteiger partial charge in [-0.2, -0.15) is 5.10 Å². The van der Waals surface area contributed by atoms with Gasteiger partial charge in [-0.05, 0) is 29.2 Å². The number of carboxylic acids is 1. The zero-order valence-electron chi connectivity index (χ0n) is 18.9. The SMILES string of the molecule is COc1cc(C(=O)N2C(c3nccs3)SCC2(Cn2cccn2)C(=O)O)ccc1C(C)(C)C. The van der Waals surface area contributed by atoms with E-state index in [4.69, 9.17) is 4.74 Å². The van der Waals surface area contributed by atoms with Crippen LogP contribution in [0, 0.1) is 0 Å². The predicted octanol–water partition coefficient (Wildman–Crippen LogP) is 4.06. The Morgan fingerprint density at radius 2 is 2.09 bits per heavy atom. The highest BCUT2D eigenvalue weighted by Gasteiger charge is 2.56. The summed E-state index contributed by atoms with van der Waals surface area (Å²) in [5.41, 5.74) is -0.324. The number of benzene rings is 1. The zero-order chi connectivity index (χ0) is 23.8. The molecule has 1 saturated heterocycles. The lowest BCUT2D eigenvalue weighted by molar-refractivity contribution is -0.149. The summed E-state index contributed by atoms with van der Waals surface area (Å²) in [5, 5.41) is 16.6. The number of hydrogen-bond acceptors (Lipinski definition) is 7. The summed E-state index contributed by atoms with van der Waals surface area (Å²) in [4.78, 5) is 32.6. The van der Waals surface area contributed by atoms with Gasteiger partial charge in [0.15, 0.2) is 5.54 Å². The molecule has 1 aliphatic heterocycles. The van der Waals surface area contributed by atoms with E-state index in [0.29, 0.717) is 16.3 Å². The average Bonchev–Trinajstić information content (AvgIpc) is 3.53. The van der Waals surface area contributed by atoms with E-state index in [1.807, 2.05) is 11.4 Å². The monoisotopic (exact) mass is 486 g/mol. The minimum Gasteiger partial charge on any atom is -0.496 e. The van der Waals surface area contributed by atoms with Crippen LogP contribution in [0.2, 0.25) is 0 Å². The first kappa shape index (κ1) is 23.3. The molecule has 2 atom stereocenters. The molecule has 1 N–H and O–H groups in total. The average molecular weight is 487 g/mol. The van der Waals surface area contributed by atoms with Crippen molar-refractivity contribution in [3.63, 3.8) is 0 Å². The lowest BCUT2D eigenvalue weighted by atomic mass is 9.85. The number of thioether (sulfide) groups is 1. The topological polar surface area (TPSA) is 97.5 Å². The molecule has 1 aliphatic rings. The Kier molecular flexibility index (Phi) is 6.24. The number of carbonyl (C=O) groups is 2. The van der Waals surface area contributed by atoms with Gasteiger partial charge in [0, 0.05) is 35.3 Å². The fraction of sp³-hybridized carbons (Fsp3) is 0.391. The number of carboxylic acid groups (broad SMARTS) is 1. The third kappa shape index (κ3) is 4.24. The minimum atomic E-state index is -1.49. The fourth-order valence-electron chi connectivity index (χ4n) is 4.02. The largest absolute Gasteiger partial charge is 0.496 e. The van der Waals surface area contributed by atoms with Crippen LogP contribution in [-0.2, 0) is 16.8 Å². The Morgan fingerprint density at radius 1 is 1.30 bits per heavy atom. The number of thiazole rings is 1. The summed E-state index contributed by atoms with van der Waals surface area (Å²) in [5.74, 6) is -0.640. The summed E-state index contributed by atoms with van der Waals surface area (Å²) < 4.78 is 7.15. The molecule has 3 heterocycles. The second-order valence-corrected chi connectivity index (χ2v) is 10.9. The minimum absolute atomic E-state index is 0.0349. The fourth-order valence-corrected chi connectivity index (χ4v) is 6.44. The van der Waals surface area contributed by atoms with Gasteiger partial charge in [0.1, 0.15) is 16.1 Å². The lowest BCUT2D eigenvalue weighted by Crippen LogP contribution is -2.58. The van der Waals surface area contributed by atoms with Gasteiger partial charge >= 0.3 is 5.97 Å². The molecule has 1 fully saturated rings. The third-order valence-electron chi connectivity index (χ3n) is 5.69. The Balaban J connectivity index is 1.82. The van der Waals surface area contributed by atoms with E-state index >= 15 is 0 Å². The first-order valence-electron chi connectivity index (χ1n) is 10.4. The van der Waals surface area contributed by atoms with Crippen LogP contribution in [0.15, 0.2) is 48.2 Å². The number of amides is 1. The van der Waals surface area contributed by atoms with E-state index in [1.54, 1.807) is 48.6 Å². The van der Waals surface area contributed by atoms with Gasteiger partial charge in [-0.3, -0.25) is 9.48 Å². The van der Waals surface area contributed by atoms with Crippen LogP contribution in [0.4, 0.5) is 0 Å². The molecule has 3 aromatic rings. The first-order chi connectivity index (χ1) is 15.7. The second-order valence-electron chi connectivity index (χ2n) is 8.91. The molecule has 1 aromatic carbocycles. The number of ether oxygens (including phenoxy) is 1. The van der Waals surface area contributed by atoms with Crippen LogP contribution < -0.4 is 4.74 Å². The van der Waals surface area contributed by atoms with Crippen molar-refractivity contribution in [2.75, 3.05) is 12.9 Å². The summed E-state index contributed by atoms with van der Waals surface area (Å²) in [6.45, 7) is 6.25. The summed E-state index contributed by atoms with van der Waals surface area (Å²) in [6.07, 6.45) is 4.97. The smallest absolute Gasteiger partial charge is 0.332 e. The molecule has 8 nitrogen and oxygen atoms in total. The molecule has 0 radical (unpaired) electrons. The molecular formula is C23H26N4O4S2. The summed E-state index contributed by atoms with van der Waals surface area (Å²) in [6, 6.07) is 7.06. The molecule has 2 aromatic heterocycles. The van der Waals surface area contributed by atoms with E-state index < -0.39 is 16.9 Å². The van der Waals surface area contributed by atoms with Gasteiger partial charge in [-0.15, -0.1) is 23.1 Å². The number of carbonyl (C=O) groups excluding carboxylic acids is 1. The number of hydrogen-bond donors (Lipinski definition) is 1. The normalized spacial score (nSPS) is 20.7. The summed E-state index contributed by atoms with van der Waals surface area (Å²) in [7, 11) is 1.57. The Hall–Kier alpha value is -2.85. The molecule has 0 aliphatic carbocycles. The molecule has 0 bridgehead atoms. The maximum Gasteiger partial charge on any atom is 0.332 e. The standard InChI is InChI=1S/C23H26N4O4S2/c1-22(2,3)16-7-6-15(12-17(16)31-4)19(28)27-20(18-24-9-11-32-18)33-14-23(27,21(29)30)13-26-10-5-8-25-26/h5-12,20H,13-14H2,1-4H3,(H,29,30). The second kappa shape index (κ2) is 8.83. The molecule has 174 valence electrons. The van der Waals surface area contributed by atoms with Gasteiger partial charge in [0.05, 0.1) is 13.7 Å².